The Hall–Kier alpha value is -0.0800. The molecule has 15 heavy (non-hydrogen) atoms. The lowest BCUT2D eigenvalue weighted by molar-refractivity contribution is 0.286. The predicted molar refractivity (Wildman–Crippen MR) is 62.8 cm³/mol. The van der Waals surface area contributed by atoms with E-state index in [0.717, 1.165) is 29.8 Å². The monoisotopic (exact) mass is 208 g/mol. The average Bonchev–Trinajstić information content (AvgIpc) is 2.95. The van der Waals surface area contributed by atoms with Gasteiger partial charge < -0.3 is 10.6 Å². The van der Waals surface area contributed by atoms with Crippen molar-refractivity contribution in [1.29, 1.82) is 0 Å². The lowest BCUT2D eigenvalue weighted by atomic mass is 9.92. The molecule has 5 atom stereocenters. The molecule has 1 saturated heterocycles. The van der Waals surface area contributed by atoms with Crippen molar-refractivity contribution in [2.45, 2.75) is 51.1 Å². The topological polar surface area (TPSA) is 24.1 Å². The van der Waals surface area contributed by atoms with Crippen LogP contribution in [0.5, 0.6) is 0 Å². The maximum atomic E-state index is 3.91. The summed E-state index contributed by atoms with van der Waals surface area (Å²) in [6, 6.07) is 1.59. The van der Waals surface area contributed by atoms with Crippen LogP contribution in [0, 0.1) is 17.8 Å². The first-order valence-corrected chi connectivity index (χ1v) is 6.79. The molecule has 3 rings (SSSR count). The summed E-state index contributed by atoms with van der Waals surface area (Å²) in [5.41, 5.74) is 0. The van der Waals surface area contributed by atoms with Crippen molar-refractivity contribution in [2.75, 3.05) is 13.1 Å². The summed E-state index contributed by atoms with van der Waals surface area (Å²) in [4.78, 5) is 0. The average molecular weight is 208 g/mol. The van der Waals surface area contributed by atoms with Gasteiger partial charge in [0.25, 0.3) is 0 Å². The maximum absolute atomic E-state index is 3.91. The summed E-state index contributed by atoms with van der Waals surface area (Å²) in [7, 11) is 0. The third-order valence-corrected chi connectivity index (χ3v) is 5.02. The molecule has 2 heteroatoms. The van der Waals surface area contributed by atoms with Gasteiger partial charge in [-0.05, 0) is 63.5 Å². The van der Waals surface area contributed by atoms with E-state index in [-0.39, 0.29) is 0 Å². The van der Waals surface area contributed by atoms with E-state index in [4.69, 9.17) is 0 Å². The molecule has 5 unspecified atom stereocenters. The quantitative estimate of drug-likeness (QED) is 0.738. The standard InChI is InChI=1S/C13H24N2/c1-9(12-4-5-14-8-12)15-13-7-10-2-3-11(13)6-10/h9-15H,2-8H2,1H3. The van der Waals surface area contributed by atoms with Crippen molar-refractivity contribution in [1.82, 2.24) is 10.6 Å². The molecule has 2 saturated carbocycles. The van der Waals surface area contributed by atoms with Crippen LogP contribution in [0.25, 0.3) is 0 Å². The predicted octanol–water partition coefficient (Wildman–Crippen LogP) is 1.76. The lowest BCUT2D eigenvalue weighted by Gasteiger charge is -2.29. The third kappa shape index (κ3) is 1.94. The minimum absolute atomic E-state index is 0.726. The van der Waals surface area contributed by atoms with Crippen LogP contribution in [0.15, 0.2) is 0 Å². The number of fused-ring (bicyclic) bond motifs is 2. The Morgan fingerprint density at radius 1 is 1.20 bits per heavy atom. The van der Waals surface area contributed by atoms with E-state index in [0.29, 0.717) is 0 Å². The van der Waals surface area contributed by atoms with E-state index in [1.807, 2.05) is 0 Å². The van der Waals surface area contributed by atoms with Gasteiger partial charge in [-0.1, -0.05) is 6.42 Å². The molecule has 2 bridgehead atoms. The van der Waals surface area contributed by atoms with Crippen molar-refractivity contribution in [3.8, 4) is 0 Å². The minimum Gasteiger partial charge on any atom is -0.316 e. The largest absolute Gasteiger partial charge is 0.316 e. The van der Waals surface area contributed by atoms with E-state index in [2.05, 4.69) is 17.6 Å². The highest BCUT2D eigenvalue weighted by Gasteiger charge is 2.40. The van der Waals surface area contributed by atoms with Gasteiger partial charge in [-0.25, -0.2) is 0 Å². The van der Waals surface area contributed by atoms with Crippen LogP contribution in [0.2, 0.25) is 0 Å². The second kappa shape index (κ2) is 4.06. The normalized spacial score (nSPS) is 46.2. The molecule has 3 aliphatic rings. The third-order valence-electron chi connectivity index (χ3n) is 5.02. The Labute approximate surface area is 93.2 Å². The maximum Gasteiger partial charge on any atom is 0.0101 e. The van der Waals surface area contributed by atoms with E-state index in [9.17, 15) is 0 Å². The fraction of sp³-hybridized carbons (Fsp3) is 1.00. The van der Waals surface area contributed by atoms with Gasteiger partial charge in [-0.3, -0.25) is 0 Å². The van der Waals surface area contributed by atoms with Crippen LogP contribution in [0.4, 0.5) is 0 Å². The highest BCUT2D eigenvalue weighted by molar-refractivity contribution is 4.96. The van der Waals surface area contributed by atoms with Gasteiger partial charge in [0, 0.05) is 12.1 Å². The molecule has 0 aromatic heterocycles. The number of hydrogen-bond acceptors (Lipinski definition) is 2. The molecule has 1 heterocycles. The number of rotatable bonds is 3. The van der Waals surface area contributed by atoms with Gasteiger partial charge in [0.2, 0.25) is 0 Å². The molecule has 0 spiro atoms. The van der Waals surface area contributed by atoms with Crippen molar-refractivity contribution >= 4 is 0 Å². The molecule has 0 aromatic carbocycles. The van der Waals surface area contributed by atoms with Crippen molar-refractivity contribution < 1.29 is 0 Å². The highest BCUT2D eigenvalue weighted by Crippen LogP contribution is 2.44. The molecule has 2 nitrogen and oxygen atoms in total. The summed E-state index contributed by atoms with van der Waals surface area (Å²) in [5.74, 6) is 2.97. The first-order chi connectivity index (χ1) is 7.33. The van der Waals surface area contributed by atoms with Crippen LogP contribution in [0.1, 0.15) is 39.0 Å². The fourth-order valence-electron chi connectivity index (χ4n) is 4.03. The van der Waals surface area contributed by atoms with Gasteiger partial charge in [0.05, 0.1) is 0 Å². The number of hydrogen-bond donors (Lipinski definition) is 2. The molecular weight excluding hydrogens is 184 g/mol. The summed E-state index contributed by atoms with van der Waals surface area (Å²) in [6.45, 7) is 4.85. The SMILES string of the molecule is CC(NC1CC2CCC1C2)C1CCNC1. The molecule has 1 aliphatic heterocycles. The van der Waals surface area contributed by atoms with E-state index >= 15 is 0 Å². The van der Waals surface area contributed by atoms with Crippen molar-refractivity contribution in [3.63, 3.8) is 0 Å². The second-order valence-electron chi connectivity index (χ2n) is 5.99. The Balaban J connectivity index is 1.52. The van der Waals surface area contributed by atoms with Crippen molar-refractivity contribution in [3.05, 3.63) is 0 Å². The van der Waals surface area contributed by atoms with E-state index in [1.165, 1.54) is 45.2 Å². The molecule has 3 fully saturated rings. The van der Waals surface area contributed by atoms with E-state index < -0.39 is 0 Å². The first-order valence-electron chi connectivity index (χ1n) is 6.79. The Morgan fingerprint density at radius 2 is 2.13 bits per heavy atom. The van der Waals surface area contributed by atoms with Crippen LogP contribution in [-0.2, 0) is 0 Å². The Bertz CT molecular complexity index is 223. The van der Waals surface area contributed by atoms with E-state index in [1.54, 1.807) is 0 Å². The van der Waals surface area contributed by atoms with Crippen molar-refractivity contribution in [2.24, 2.45) is 17.8 Å². The summed E-state index contributed by atoms with van der Waals surface area (Å²) < 4.78 is 0. The smallest absolute Gasteiger partial charge is 0.0101 e. The highest BCUT2D eigenvalue weighted by atomic mass is 15.0. The van der Waals surface area contributed by atoms with Crippen LogP contribution >= 0.6 is 0 Å². The zero-order chi connectivity index (χ0) is 10.3. The summed E-state index contributed by atoms with van der Waals surface area (Å²) in [5, 5.41) is 7.38. The summed E-state index contributed by atoms with van der Waals surface area (Å²) in [6.07, 6.45) is 7.37. The van der Waals surface area contributed by atoms with Crippen LogP contribution < -0.4 is 10.6 Å². The van der Waals surface area contributed by atoms with Gasteiger partial charge in [-0.2, -0.15) is 0 Å². The Kier molecular flexibility index (Phi) is 2.73. The minimum atomic E-state index is 0.726. The molecule has 2 aliphatic carbocycles. The lowest BCUT2D eigenvalue weighted by Crippen LogP contribution is -2.44. The fourth-order valence-corrected chi connectivity index (χ4v) is 4.03. The second-order valence-corrected chi connectivity index (χ2v) is 5.99. The zero-order valence-corrected chi connectivity index (χ0v) is 9.84. The van der Waals surface area contributed by atoms with Gasteiger partial charge in [0.15, 0.2) is 0 Å². The molecule has 0 amide bonds. The molecule has 0 radical (unpaired) electrons. The molecular formula is C13H24N2. The van der Waals surface area contributed by atoms with Gasteiger partial charge >= 0.3 is 0 Å². The zero-order valence-electron chi connectivity index (χ0n) is 9.84. The molecule has 86 valence electrons. The Morgan fingerprint density at radius 3 is 2.73 bits per heavy atom. The molecule has 2 N–H and O–H groups in total. The van der Waals surface area contributed by atoms with Gasteiger partial charge in [0.1, 0.15) is 0 Å². The molecule has 0 aromatic rings. The summed E-state index contributed by atoms with van der Waals surface area (Å²) >= 11 is 0. The van der Waals surface area contributed by atoms with Crippen LogP contribution in [0.3, 0.4) is 0 Å². The number of nitrogens with one attached hydrogen (secondary N) is 2. The van der Waals surface area contributed by atoms with Gasteiger partial charge in [-0.15, -0.1) is 0 Å². The first kappa shape index (κ1) is 10.1. The van der Waals surface area contributed by atoms with Crippen LogP contribution in [-0.4, -0.2) is 25.2 Å².